The van der Waals surface area contributed by atoms with Crippen LogP contribution < -0.4 is 14.8 Å². The maximum Gasteiger partial charge on any atom is 0.271 e. The van der Waals surface area contributed by atoms with Gasteiger partial charge in [-0.15, -0.1) is 11.3 Å². The van der Waals surface area contributed by atoms with Gasteiger partial charge in [-0.25, -0.2) is 8.42 Å². The molecule has 8 nitrogen and oxygen atoms in total. The van der Waals surface area contributed by atoms with Gasteiger partial charge in [0.15, 0.2) is 5.76 Å². The van der Waals surface area contributed by atoms with Gasteiger partial charge in [0.25, 0.3) is 10.0 Å². The summed E-state index contributed by atoms with van der Waals surface area (Å²) in [5.41, 5.74) is 1.52. The summed E-state index contributed by atoms with van der Waals surface area (Å²) >= 11 is 1.11. The van der Waals surface area contributed by atoms with Crippen LogP contribution in [-0.4, -0.2) is 26.1 Å². The second-order valence-corrected chi connectivity index (χ2v) is 9.49. The summed E-state index contributed by atoms with van der Waals surface area (Å²) in [6, 6.07) is 9.94. The highest BCUT2D eigenvalue weighted by atomic mass is 32.2. The lowest BCUT2D eigenvalue weighted by molar-refractivity contribution is -0.115. The summed E-state index contributed by atoms with van der Waals surface area (Å²) in [4.78, 5) is 12.4. The van der Waals surface area contributed by atoms with Crippen LogP contribution in [0.3, 0.4) is 0 Å². The number of aryl methyl sites for hydroxylation is 1. The van der Waals surface area contributed by atoms with Crippen molar-refractivity contribution in [2.45, 2.75) is 31.4 Å². The third-order valence-electron chi connectivity index (χ3n) is 4.16. The molecule has 2 heterocycles. The van der Waals surface area contributed by atoms with Crippen LogP contribution in [0.4, 0.5) is 11.4 Å². The zero-order valence-electron chi connectivity index (χ0n) is 17.3. The van der Waals surface area contributed by atoms with Gasteiger partial charge >= 0.3 is 0 Å². The van der Waals surface area contributed by atoms with Crippen LogP contribution in [0, 0.1) is 6.92 Å². The number of carbonyl (C=O) groups is 1. The van der Waals surface area contributed by atoms with E-state index in [4.69, 9.17) is 9.26 Å². The van der Waals surface area contributed by atoms with Gasteiger partial charge in [-0.1, -0.05) is 12.1 Å². The maximum atomic E-state index is 12.7. The van der Waals surface area contributed by atoms with Gasteiger partial charge in [-0.3, -0.25) is 9.52 Å². The van der Waals surface area contributed by atoms with Crippen molar-refractivity contribution < 1.29 is 22.5 Å². The summed E-state index contributed by atoms with van der Waals surface area (Å²) in [7, 11) is -3.72. The maximum absolute atomic E-state index is 12.7. The molecule has 0 aliphatic rings. The van der Waals surface area contributed by atoms with Gasteiger partial charge in [0.2, 0.25) is 5.91 Å². The molecule has 1 amide bonds. The molecule has 0 atom stereocenters. The van der Waals surface area contributed by atoms with Crippen molar-refractivity contribution in [2.24, 2.45) is 0 Å². The van der Waals surface area contributed by atoms with Gasteiger partial charge in [0.1, 0.15) is 21.3 Å². The minimum atomic E-state index is -3.72. The quantitative estimate of drug-likeness (QED) is 0.475. The molecule has 1 aromatic carbocycles. The molecule has 31 heavy (non-hydrogen) atoms. The average Bonchev–Trinajstić information content (AvgIpc) is 3.36. The fourth-order valence-electron chi connectivity index (χ4n) is 2.60. The van der Waals surface area contributed by atoms with Crippen molar-refractivity contribution in [2.75, 3.05) is 16.6 Å². The molecule has 0 spiro atoms. The van der Waals surface area contributed by atoms with Crippen molar-refractivity contribution in [1.29, 1.82) is 0 Å². The number of amides is 1. The first-order valence-corrected chi connectivity index (χ1v) is 11.9. The Labute approximate surface area is 185 Å². The summed E-state index contributed by atoms with van der Waals surface area (Å²) in [5, 5.41) is 6.63. The molecule has 2 N–H and O–H groups in total. The fourth-order valence-corrected chi connectivity index (χ4v) is 4.89. The van der Waals surface area contributed by atoms with Crippen molar-refractivity contribution in [3.05, 3.63) is 52.7 Å². The van der Waals surface area contributed by atoms with Crippen LogP contribution in [0.2, 0.25) is 0 Å². The largest absolute Gasteiger partial charge is 0.494 e. The number of anilines is 2. The standard InChI is InChI=1S/C21H23N3O5S2/c1-4-19(25)22-21-14(3)23-29-18(21)12-10-17-11-13-20(30-17)31(26,27)24-15-6-8-16(9-7-15)28-5-2/h6-13,24H,4-5H2,1-3H3,(H,22,25)/b12-10+. The van der Waals surface area contributed by atoms with E-state index in [2.05, 4.69) is 15.2 Å². The number of hydrogen-bond donors (Lipinski definition) is 2. The number of nitrogens with one attached hydrogen (secondary N) is 2. The number of benzene rings is 1. The minimum absolute atomic E-state index is 0.147. The Morgan fingerprint density at radius 1 is 1.16 bits per heavy atom. The molecular formula is C21H23N3O5S2. The molecule has 0 bridgehead atoms. The van der Waals surface area contributed by atoms with Crippen LogP contribution in [0.1, 0.15) is 36.6 Å². The number of rotatable bonds is 9. The Morgan fingerprint density at radius 2 is 1.90 bits per heavy atom. The Morgan fingerprint density at radius 3 is 2.58 bits per heavy atom. The minimum Gasteiger partial charge on any atom is -0.494 e. The second kappa shape index (κ2) is 9.80. The molecule has 0 fully saturated rings. The zero-order chi connectivity index (χ0) is 22.4. The van der Waals surface area contributed by atoms with E-state index < -0.39 is 10.0 Å². The average molecular weight is 462 g/mol. The molecule has 0 aliphatic heterocycles. The van der Waals surface area contributed by atoms with Crippen molar-refractivity contribution in [1.82, 2.24) is 5.16 Å². The van der Waals surface area contributed by atoms with Crippen LogP contribution in [0.5, 0.6) is 5.75 Å². The fraction of sp³-hybridized carbons (Fsp3) is 0.238. The lowest BCUT2D eigenvalue weighted by Gasteiger charge is -2.07. The van der Waals surface area contributed by atoms with E-state index in [1.807, 2.05) is 6.92 Å². The van der Waals surface area contributed by atoms with E-state index in [-0.39, 0.29) is 10.1 Å². The van der Waals surface area contributed by atoms with Crippen LogP contribution in [0.25, 0.3) is 12.2 Å². The van der Waals surface area contributed by atoms with Gasteiger partial charge in [-0.2, -0.15) is 0 Å². The first-order valence-electron chi connectivity index (χ1n) is 9.62. The Kier molecular flexibility index (Phi) is 7.13. The summed E-state index contributed by atoms with van der Waals surface area (Å²) in [6.07, 6.45) is 3.69. The molecular weight excluding hydrogens is 438 g/mol. The Balaban J connectivity index is 1.73. The first kappa shape index (κ1) is 22.6. The Hall–Kier alpha value is -3.11. The van der Waals surface area contributed by atoms with Crippen LogP contribution in [0.15, 0.2) is 45.1 Å². The number of sulfonamides is 1. The van der Waals surface area contributed by atoms with E-state index >= 15 is 0 Å². The van der Waals surface area contributed by atoms with E-state index in [0.29, 0.717) is 46.5 Å². The zero-order valence-corrected chi connectivity index (χ0v) is 19.0. The number of aromatic nitrogens is 1. The molecule has 10 heteroatoms. The molecule has 0 saturated carbocycles. The predicted molar refractivity (Wildman–Crippen MR) is 122 cm³/mol. The van der Waals surface area contributed by atoms with Gasteiger partial charge < -0.3 is 14.6 Å². The second-order valence-electron chi connectivity index (χ2n) is 6.46. The van der Waals surface area contributed by atoms with Crippen LogP contribution in [-0.2, 0) is 14.8 Å². The van der Waals surface area contributed by atoms with E-state index in [9.17, 15) is 13.2 Å². The third-order valence-corrected chi connectivity index (χ3v) is 7.08. The molecule has 0 aliphatic carbocycles. The number of ether oxygens (including phenoxy) is 1. The number of hydrogen-bond acceptors (Lipinski definition) is 7. The van der Waals surface area contributed by atoms with Crippen LogP contribution >= 0.6 is 11.3 Å². The van der Waals surface area contributed by atoms with Crippen molar-refractivity contribution in [3.63, 3.8) is 0 Å². The third kappa shape index (κ3) is 5.74. The van der Waals surface area contributed by atoms with E-state index in [1.54, 1.807) is 56.3 Å². The highest BCUT2D eigenvalue weighted by molar-refractivity contribution is 7.94. The lowest BCUT2D eigenvalue weighted by Crippen LogP contribution is -2.11. The number of nitrogens with zero attached hydrogens (tertiary/aromatic N) is 1. The molecule has 2 aromatic heterocycles. The molecule has 0 unspecified atom stereocenters. The SMILES string of the molecule is CCOc1ccc(NS(=O)(=O)c2ccc(/C=C/c3onc(C)c3NC(=O)CC)s2)cc1. The molecule has 0 radical (unpaired) electrons. The Bertz CT molecular complexity index is 1180. The smallest absolute Gasteiger partial charge is 0.271 e. The number of carbonyl (C=O) groups excluding carboxylic acids is 1. The monoisotopic (exact) mass is 461 g/mol. The number of thiophene rings is 1. The van der Waals surface area contributed by atoms with Gasteiger partial charge in [0, 0.05) is 17.0 Å². The molecule has 164 valence electrons. The molecule has 3 rings (SSSR count). The first-order chi connectivity index (χ1) is 14.8. The molecule has 0 saturated heterocycles. The summed E-state index contributed by atoms with van der Waals surface area (Å²) in [5.74, 6) is 0.918. The summed E-state index contributed by atoms with van der Waals surface area (Å²) in [6.45, 7) is 5.90. The highest BCUT2D eigenvalue weighted by Crippen LogP contribution is 2.28. The molecule has 3 aromatic rings. The van der Waals surface area contributed by atoms with Crippen molar-refractivity contribution >= 4 is 50.8 Å². The summed E-state index contributed by atoms with van der Waals surface area (Å²) < 4.78 is 38.7. The van der Waals surface area contributed by atoms with E-state index in [0.717, 1.165) is 11.3 Å². The van der Waals surface area contributed by atoms with Gasteiger partial charge in [-0.05, 0) is 62.4 Å². The van der Waals surface area contributed by atoms with Crippen molar-refractivity contribution in [3.8, 4) is 5.75 Å². The topological polar surface area (TPSA) is 111 Å². The van der Waals surface area contributed by atoms with E-state index in [1.165, 1.54) is 6.07 Å². The lowest BCUT2D eigenvalue weighted by atomic mass is 10.2. The predicted octanol–water partition coefficient (Wildman–Crippen LogP) is 4.76. The normalized spacial score (nSPS) is 11.6. The van der Waals surface area contributed by atoms with Gasteiger partial charge in [0.05, 0.1) is 6.61 Å². The highest BCUT2D eigenvalue weighted by Gasteiger charge is 2.17.